The SMILES string of the molecule is C=CC[C@@H](O)[C@H](CCSC)NC(=O)OCc1ccccc1. The number of benzene rings is 1. The topological polar surface area (TPSA) is 58.6 Å². The summed E-state index contributed by atoms with van der Waals surface area (Å²) in [6.07, 6.45) is 3.62. The summed E-state index contributed by atoms with van der Waals surface area (Å²) >= 11 is 1.67. The van der Waals surface area contributed by atoms with Crippen molar-refractivity contribution in [2.75, 3.05) is 12.0 Å². The molecule has 116 valence electrons. The van der Waals surface area contributed by atoms with Gasteiger partial charge >= 0.3 is 6.09 Å². The highest BCUT2D eigenvalue weighted by molar-refractivity contribution is 7.98. The van der Waals surface area contributed by atoms with E-state index in [9.17, 15) is 9.90 Å². The maximum atomic E-state index is 11.8. The van der Waals surface area contributed by atoms with Gasteiger partial charge < -0.3 is 15.2 Å². The lowest BCUT2D eigenvalue weighted by Gasteiger charge is -2.22. The number of aliphatic hydroxyl groups excluding tert-OH is 1. The van der Waals surface area contributed by atoms with Gasteiger partial charge in [-0.3, -0.25) is 0 Å². The van der Waals surface area contributed by atoms with E-state index in [2.05, 4.69) is 11.9 Å². The molecule has 0 spiro atoms. The van der Waals surface area contributed by atoms with E-state index in [0.29, 0.717) is 12.8 Å². The number of amides is 1. The van der Waals surface area contributed by atoms with E-state index in [4.69, 9.17) is 4.74 Å². The third kappa shape index (κ3) is 7.20. The summed E-state index contributed by atoms with van der Waals surface area (Å²) in [5, 5.41) is 12.8. The Hall–Kier alpha value is -1.46. The lowest BCUT2D eigenvalue weighted by molar-refractivity contribution is 0.102. The molecule has 2 atom stereocenters. The summed E-state index contributed by atoms with van der Waals surface area (Å²) in [5.41, 5.74) is 0.931. The molecule has 5 heteroatoms. The highest BCUT2D eigenvalue weighted by Gasteiger charge is 2.20. The summed E-state index contributed by atoms with van der Waals surface area (Å²) < 4.78 is 5.17. The molecule has 0 bridgehead atoms. The lowest BCUT2D eigenvalue weighted by atomic mass is 10.1. The Labute approximate surface area is 130 Å². The first kappa shape index (κ1) is 17.6. The minimum Gasteiger partial charge on any atom is -0.445 e. The molecule has 4 nitrogen and oxygen atoms in total. The first-order valence-corrected chi connectivity index (χ1v) is 8.32. The first-order valence-electron chi connectivity index (χ1n) is 6.92. The maximum Gasteiger partial charge on any atom is 0.407 e. The molecule has 0 heterocycles. The van der Waals surface area contributed by atoms with Gasteiger partial charge in [0, 0.05) is 0 Å². The van der Waals surface area contributed by atoms with Gasteiger partial charge in [0.1, 0.15) is 6.61 Å². The van der Waals surface area contributed by atoms with Crippen LogP contribution in [0.15, 0.2) is 43.0 Å². The molecular formula is C16H23NO3S. The van der Waals surface area contributed by atoms with Crippen molar-refractivity contribution in [2.24, 2.45) is 0 Å². The molecule has 1 aromatic carbocycles. The molecule has 2 N–H and O–H groups in total. The van der Waals surface area contributed by atoms with Crippen molar-refractivity contribution in [2.45, 2.75) is 31.6 Å². The summed E-state index contributed by atoms with van der Waals surface area (Å²) in [6, 6.07) is 9.17. The zero-order chi connectivity index (χ0) is 15.5. The van der Waals surface area contributed by atoms with Crippen LogP contribution >= 0.6 is 11.8 Å². The molecule has 0 aliphatic heterocycles. The Bertz CT molecular complexity index is 425. The summed E-state index contributed by atoms with van der Waals surface area (Å²) in [5.74, 6) is 0.859. The Morgan fingerprint density at radius 3 is 2.81 bits per heavy atom. The van der Waals surface area contributed by atoms with E-state index in [0.717, 1.165) is 11.3 Å². The van der Waals surface area contributed by atoms with Gasteiger partial charge in [0.05, 0.1) is 12.1 Å². The molecule has 0 fully saturated rings. The smallest absolute Gasteiger partial charge is 0.407 e. The normalized spacial score (nSPS) is 13.2. The van der Waals surface area contributed by atoms with Crippen molar-refractivity contribution < 1.29 is 14.6 Å². The lowest BCUT2D eigenvalue weighted by Crippen LogP contribution is -2.43. The summed E-state index contributed by atoms with van der Waals surface area (Å²) in [4.78, 5) is 11.8. The minimum atomic E-state index is -0.640. The largest absolute Gasteiger partial charge is 0.445 e. The molecule has 1 rings (SSSR count). The van der Waals surface area contributed by atoms with Gasteiger partial charge in [0.15, 0.2) is 0 Å². The molecular weight excluding hydrogens is 286 g/mol. The number of rotatable bonds is 9. The van der Waals surface area contributed by atoms with Crippen LogP contribution in [0.1, 0.15) is 18.4 Å². The van der Waals surface area contributed by atoms with Gasteiger partial charge in [-0.25, -0.2) is 4.79 Å². The minimum absolute atomic E-state index is 0.222. The molecule has 0 aliphatic carbocycles. The third-order valence-electron chi connectivity index (χ3n) is 3.02. The second-order valence-corrected chi connectivity index (χ2v) is 5.67. The Balaban J connectivity index is 2.44. The van der Waals surface area contributed by atoms with Gasteiger partial charge in [-0.2, -0.15) is 11.8 Å². The van der Waals surface area contributed by atoms with Crippen LogP contribution in [-0.2, 0) is 11.3 Å². The number of thioether (sulfide) groups is 1. The van der Waals surface area contributed by atoms with Crippen LogP contribution in [0.5, 0.6) is 0 Å². The fraction of sp³-hybridized carbons (Fsp3) is 0.438. The molecule has 0 aromatic heterocycles. The van der Waals surface area contributed by atoms with Crippen molar-refractivity contribution >= 4 is 17.9 Å². The van der Waals surface area contributed by atoms with Crippen LogP contribution in [0.3, 0.4) is 0 Å². The number of aliphatic hydroxyl groups is 1. The first-order chi connectivity index (χ1) is 10.2. The van der Waals surface area contributed by atoms with Crippen LogP contribution < -0.4 is 5.32 Å². The molecule has 0 aliphatic rings. The number of hydrogen-bond acceptors (Lipinski definition) is 4. The van der Waals surface area contributed by atoms with Crippen molar-refractivity contribution in [3.63, 3.8) is 0 Å². The van der Waals surface area contributed by atoms with Crippen molar-refractivity contribution in [3.8, 4) is 0 Å². The van der Waals surface area contributed by atoms with Gasteiger partial charge in [-0.15, -0.1) is 6.58 Å². The van der Waals surface area contributed by atoms with Crippen LogP contribution in [0.25, 0.3) is 0 Å². The summed E-state index contributed by atoms with van der Waals surface area (Å²) in [6.45, 7) is 3.83. The number of carbonyl (C=O) groups excluding carboxylic acids is 1. The van der Waals surface area contributed by atoms with Crippen molar-refractivity contribution in [3.05, 3.63) is 48.6 Å². The quantitative estimate of drug-likeness (QED) is 0.689. The van der Waals surface area contributed by atoms with Crippen molar-refractivity contribution in [1.82, 2.24) is 5.32 Å². The van der Waals surface area contributed by atoms with E-state index in [1.54, 1.807) is 17.8 Å². The van der Waals surface area contributed by atoms with E-state index < -0.39 is 12.2 Å². The number of nitrogens with one attached hydrogen (secondary N) is 1. The van der Waals surface area contributed by atoms with Gasteiger partial charge in [-0.05, 0) is 30.4 Å². The Kier molecular flexibility index (Phi) is 8.62. The van der Waals surface area contributed by atoms with Gasteiger partial charge in [0.2, 0.25) is 0 Å². The second kappa shape index (κ2) is 10.3. The number of ether oxygens (including phenoxy) is 1. The van der Waals surface area contributed by atoms with Gasteiger partial charge in [0.25, 0.3) is 0 Å². The molecule has 0 saturated heterocycles. The van der Waals surface area contributed by atoms with Crippen LogP contribution in [0.2, 0.25) is 0 Å². The van der Waals surface area contributed by atoms with Crippen LogP contribution in [0, 0.1) is 0 Å². The maximum absolute atomic E-state index is 11.8. The predicted molar refractivity (Wildman–Crippen MR) is 87.4 cm³/mol. The fourth-order valence-corrected chi connectivity index (χ4v) is 2.35. The highest BCUT2D eigenvalue weighted by Crippen LogP contribution is 2.09. The molecule has 0 saturated carbocycles. The molecule has 0 radical (unpaired) electrons. The highest BCUT2D eigenvalue weighted by atomic mass is 32.2. The van der Waals surface area contributed by atoms with Gasteiger partial charge in [-0.1, -0.05) is 36.4 Å². The van der Waals surface area contributed by atoms with E-state index in [1.165, 1.54) is 0 Å². The number of alkyl carbamates (subject to hydrolysis) is 1. The molecule has 21 heavy (non-hydrogen) atoms. The molecule has 1 amide bonds. The average molecular weight is 309 g/mol. The van der Waals surface area contributed by atoms with E-state index >= 15 is 0 Å². The van der Waals surface area contributed by atoms with Crippen LogP contribution in [0.4, 0.5) is 4.79 Å². The number of carbonyl (C=O) groups is 1. The standard InChI is InChI=1S/C16H23NO3S/c1-3-7-15(18)14(10-11-21-2)17-16(19)20-12-13-8-5-4-6-9-13/h3-6,8-9,14-15,18H,1,7,10-12H2,2H3,(H,17,19)/t14-,15+/m0/s1. The number of hydrogen-bond donors (Lipinski definition) is 2. The van der Waals surface area contributed by atoms with Crippen LogP contribution in [-0.4, -0.2) is 35.4 Å². The monoisotopic (exact) mass is 309 g/mol. The zero-order valence-corrected chi connectivity index (χ0v) is 13.1. The Morgan fingerprint density at radius 2 is 2.19 bits per heavy atom. The average Bonchev–Trinajstić information content (AvgIpc) is 2.50. The Morgan fingerprint density at radius 1 is 1.48 bits per heavy atom. The van der Waals surface area contributed by atoms with E-state index in [1.807, 2.05) is 36.6 Å². The molecule has 0 unspecified atom stereocenters. The second-order valence-electron chi connectivity index (χ2n) is 4.69. The summed E-state index contributed by atoms with van der Waals surface area (Å²) in [7, 11) is 0. The van der Waals surface area contributed by atoms with Crippen molar-refractivity contribution in [1.29, 1.82) is 0 Å². The zero-order valence-electron chi connectivity index (χ0n) is 12.3. The predicted octanol–water partition coefficient (Wildman–Crippen LogP) is 2.97. The third-order valence-corrected chi connectivity index (χ3v) is 3.67. The van der Waals surface area contributed by atoms with E-state index in [-0.39, 0.29) is 12.6 Å². The fourth-order valence-electron chi connectivity index (χ4n) is 1.86. The molecule has 1 aromatic rings.